The maximum absolute atomic E-state index is 12.1. The summed E-state index contributed by atoms with van der Waals surface area (Å²) in [6, 6.07) is 18.3. The standard InChI is InChI=1S/C20H18ClN3O2/c21-16-7-9-17(10-8-16)24-20(25)14-26-19-6-2-1-4-15(19)12-23-18-5-3-11-22-13-18/h1-11,13,23H,12,14H2,(H,24,25). The van der Waals surface area contributed by atoms with Gasteiger partial charge in [0.25, 0.3) is 5.91 Å². The van der Waals surface area contributed by atoms with Gasteiger partial charge in [-0.25, -0.2) is 0 Å². The van der Waals surface area contributed by atoms with Crippen molar-refractivity contribution in [1.82, 2.24) is 4.98 Å². The van der Waals surface area contributed by atoms with Crippen molar-refractivity contribution < 1.29 is 9.53 Å². The highest BCUT2D eigenvalue weighted by Gasteiger charge is 2.07. The molecule has 0 unspecified atom stereocenters. The molecule has 0 aliphatic heterocycles. The molecule has 5 nitrogen and oxygen atoms in total. The van der Waals surface area contributed by atoms with Gasteiger partial charge in [-0.1, -0.05) is 29.8 Å². The van der Waals surface area contributed by atoms with Gasteiger partial charge in [0, 0.05) is 35.2 Å². The van der Waals surface area contributed by atoms with Gasteiger partial charge in [0.15, 0.2) is 6.61 Å². The fraction of sp³-hybridized carbons (Fsp3) is 0.100. The Kier molecular flexibility index (Phi) is 6.06. The minimum atomic E-state index is -0.234. The zero-order chi connectivity index (χ0) is 18.2. The summed E-state index contributed by atoms with van der Waals surface area (Å²) >= 11 is 5.83. The van der Waals surface area contributed by atoms with Gasteiger partial charge in [0.2, 0.25) is 0 Å². The van der Waals surface area contributed by atoms with E-state index in [9.17, 15) is 4.79 Å². The summed E-state index contributed by atoms with van der Waals surface area (Å²) in [4.78, 5) is 16.1. The summed E-state index contributed by atoms with van der Waals surface area (Å²) in [5.74, 6) is 0.428. The van der Waals surface area contributed by atoms with Crippen molar-refractivity contribution >= 4 is 28.9 Å². The molecule has 132 valence electrons. The van der Waals surface area contributed by atoms with Crippen LogP contribution >= 0.6 is 11.6 Å². The number of hydrogen-bond acceptors (Lipinski definition) is 4. The van der Waals surface area contributed by atoms with Crippen molar-refractivity contribution in [3.8, 4) is 5.75 Å². The molecule has 0 aliphatic carbocycles. The minimum absolute atomic E-state index is 0.0769. The van der Waals surface area contributed by atoms with Crippen LogP contribution in [0.2, 0.25) is 5.02 Å². The van der Waals surface area contributed by atoms with Crippen LogP contribution < -0.4 is 15.4 Å². The average Bonchev–Trinajstić information content (AvgIpc) is 2.68. The average molecular weight is 368 g/mol. The second-order valence-electron chi connectivity index (χ2n) is 5.55. The molecule has 0 aliphatic rings. The number of benzene rings is 2. The highest BCUT2D eigenvalue weighted by Crippen LogP contribution is 2.20. The summed E-state index contributed by atoms with van der Waals surface area (Å²) in [6.07, 6.45) is 3.48. The second-order valence-corrected chi connectivity index (χ2v) is 5.98. The van der Waals surface area contributed by atoms with Crippen LogP contribution in [0.5, 0.6) is 5.75 Å². The Labute approximate surface area is 157 Å². The normalized spacial score (nSPS) is 10.2. The van der Waals surface area contributed by atoms with Gasteiger partial charge < -0.3 is 15.4 Å². The summed E-state index contributed by atoms with van der Waals surface area (Å²) in [6.45, 7) is 0.493. The Hall–Kier alpha value is -3.05. The number of hydrogen-bond donors (Lipinski definition) is 2. The molecule has 1 amide bonds. The minimum Gasteiger partial charge on any atom is -0.483 e. The quantitative estimate of drug-likeness (QED) is 0.651. The molecule has 0 bridgehead atoms. The lowest BCUT2D eigenvalue weighted by molar-refractivity contribution is -0.118. The smallest absolute Gasteiger partial charge is 0.262 e. The van der Waals surface area contributed by atoms with E-state index in [1.165, 1.54) is 0 Å². The van der Waals surface area contributed by atoms with Gasteiger partial charge in [-0.15, -0.1) is 0 Å². The third-order valence-electron chi connectivity index (χ3n) is 3.60. The van der Waals surface area contributed by atoms with E-state index in [0.29, 0.717) is 23.0 Å². The number of para-hydroxylation sites is 1. The van der Waals surface area contributed by atoms with E-state index < -0.39 is 0 Å². The van der Waals surface area contributed by atoms with Crippen LogP contribution in [-0.4, -0.2) is 17.5 Å². The van der Waals surface area contributed by atoms with Gasteiger partial charge in [-0.2, -0.15) is 0 Å². The molecule has 0 saturated heterocycles. The zero-order valence-corrected chi connectivity index (χ0v) is 14.7. The molecule has 0 spiro atoms. The van der Waals surface area contributed by atoms with E-state index in [0.717, 1.165) is 11.3 Å². The SMILES string of the molecule is O=C(COc1ccccc1CNc1cccnc1)Nc1ccc(Cl)cc1. The number of nitrogens with one attached hydrogen (secondary N) is 2. The first-order chi connectivity index (χ1) is 12.7. The van der Waals surface area contributed by atoms with E-state index in [1.54, 1.807) is 36.7 Å². The lowest BCUT2D eigenvalue weighted by Gasteiger charge is -2.13. The number of anilines is 2. The van der Waals surface area contributed by atoms with Crippen molar-refractivity contribution in [3.63, 3.8) is 0 Å². The summed E-state index contributed by atoms with van der Waals surface area (Å²) in [5.41, 5.74) is 2.55. The van der Waals surface area contributed by atoms with E-state index in [1.807, 2.05) is 36.4 Å². The number of amides is 1. The van der Waals surface area contributed by atoms with Crippen LogP contribution in [0, 0.1) is 0 Å². The van der Waals surface area contributed by atoms with Crippen LogP contribution in [0.1, 0.15) is 5.56 Å². The van der Waals surface area contributed by atoms with Crippen LogP contribution in [0.4, 0.5) is 11.4 Å². The van der Waals surface area contributed by atoms with Gasteiger partial charge in [-0.05, 0) is 42.5 Å². The Morgan fingerprint density at radius 3 is 2.58 bits per heavy atom. The maximum atomic E-state index is 12.1. The van der Waals surface area contributed by atoms with Gasteiger partial charge in [0.05, 0.1) is 5.69 Å². The lowest BCUT2D eigenvalue weighted by Crippen LogP contribution is -2.20. The lowest BCUT2D eigenvalue weighted by atomic mass is 10.2. The van der Waals surface area contributed by atoms with Crippen molar-refractivity contribution in [1.29, 1.82) is 0 Å². The predicted molar refractivity (Wildman–Crippen MR) is 104 cm³/mol. The molecule has 1 aromatic heterocycles. The Morgan fingerprint density at radius 2 is 1.81 bits per heavy atom. The molecule has 1 heterocycles. The number of nitrogens with zero attached hydrogens (tertiary/aromatic N) is 1. The number of halogens is 1. The third-order valence-corrected chi connectivity index (χ3v) is 3.86. The molecule has 3 rings (SSSR count). The largest absolute Gasteiger partial charge is 0.483 e. The second kappa shape index (κ2) is 8.87. The van der Waals surface area contributed by atoms with Crippen LogP contribution in [0.25, 0.3) is 0 Å². The van der Waals surface area contributed by atoms with Crippen molar-refractivity contribution in [3.05, 3.63) is 83.6 Å². The van der Waals surface area contributed by atoms with Gasteiger partial charge >= 0.3 is 0 Å². The molecule has 0 atom stereocenters. The summed E-state index contributed by atoms with van der Waals surface area (Å²) < 4.78 is 5.69. The number of rotatable bonds is 7. The zero-order valence-electron chi connectivity index (χ0n) is 14.0. The molecule has 0 fully saturated rings. The maximum Gasteiger partial charge on any atom is 0.262 e. The fourth-order valence-corrected chi connectivity index (χ4v) is 2.45. The van der Waals surface area contributed by atoms with E-state index in [-0.39, 0.29) is 12.5 Å². The molecule has 0 saturated carbocycles. The van der Waals surface area contributed by atoms with Crippen molar-refractivity contribution in [2.45, 2.75) is 6.54 Å². The van der Waals surface area contributed by atoms with E-state index in [4.69, 9.17) is 16.3 Å². The van der Waals surface area contributed by atoms with Crippen LogP contribution in [0.15, 0.2) is 73.1 Å². The fourth-order valence-electron chi connectivity index (χ4n) is 2.33. The van der Waals surface area contributed by atoms with E-state index in [2.05, 4.69) is 15.6 Å². The first-order valence-electron chi connectivity index (χ1n) is 8.11. The van der Waals surface area contributed by atoms with Crippen molar-refractivity contribution in [2.24, 2.45) is 0 Å². The topological polar surface area (TPSA) is 63.2 Å². The molecular formula is C20H18ClN3O2. The Bertz CT molecular complexity index is 854. The summed E-state index contributed by atoms with van der Waals surface area (Å²) in [7, 11) is 0. The Morgan fingerprint density at radius 1 is 1.00 bits per heavy atom. The van der Waals surface area contributed by atoms with Crippen LogP contribution in [-0.2, 0) is 11.3 Å². The Balaban J connectivity index is 1.56. The van der Waals surface area contributed by atoms with Crippen LogP contribution in [0.3, 0.4) is 0 Å². The number of carbonyl (C=O) groups excluding carboxylic acids is 1. The number of carbonyl (C=O) groups is 1. The number of ether oxygens (including phenoxy) is 1. The van der Waals surface area contributed by atoms with Crippen molar-refractivity contribution in [2.75, 3.05) is 17.2 Å². The monoisotopic (exact) mass is 367 g/mol. The number of pyridine rings is 1. The molecule has 6 heteroatoms. The first kappa shape index (κ1) is 17.8. The first-order valence-corrected chi connectivity index (χ1v) is 8.48. The molecule has 2 aromatic carbocycles. The number of aromatic nitrogens is 1. The highest BCUT2D eigenvalue weighted by atomic mass is 35.5. The highest BCUT2D eigenvalue weighted by molar-refractivity contribution is 6.30. The van der Waals surface area contributed by atoms with E-state index >= 15 is 0 Å². The van der Waals surface area contributed by atoms with Gasteiger partial charge in [0.1, 0.15) is 5.75 Å². The predicted octanol–water partition coefficient (Wildman–Crippen LogP) is 4.36. The molecule has 0 radical (unpaired) electrons. The molecular weight excluding hydrogens is 350 g/mol. The summed E-state index contributed by atoms with van der Waals surface area (Å²) in [5, 5.41) is 6.67. The van der Waals surface area contributed by atoms with Gasteiger partial charge in [-0.3, -0.25) is 9.78 Å². The third kappa shape index (κ3) is 5.22. The molecule has 2 N–H and O–H groups in total. The molecule has 3 aromatic rings. The molecule has 26 heavy (non-hydrogen) atoms.